The van der Waals surface area contributed by atoms with Gasteiger partial charge < -0.3 is 10.4 Å². The molecular formula is C13H17N5O3. The van der Waals surface area contributed by atoms with Crippen molar-refractivity contribution in [2.24, 2.45) is 0 Å². The van der Waals surface area contributed by atoms with Gasteiger partial charge in [0.05, 0.1) is 17.7 Å². The van der Waals surface area contributed by atoms with Crippen LogP contribution in [0.15, 0.2) is 24.4 Å². The Kier molecular flexibility index (Phi) is 4.83. The number of aliphatic hydroxyl groups is 1. The van der Waals surface area contributed by atoms with E-state index in [1.807, 2.05) is 13.1 Å². The van der Waals surface area contributed by atoms with Gasteiger partial charge in [0, 0.05) is 31.0 Å². The van der Waals surface area contributed by atoms with Crippen molar-refractivity contribution in [3.8, 4) is 0 Å². The fourth-order valence-corrected chi connectivity index (χ4v) is 1.91. The fraction of sp³-hybridized carbons (Fsp3) is 0.385. The van der Waals surface area contributed by atoms with Gasteiger partial charge in [-0.2, -0.15) is 0 Å². The number of aromatic nitrogens is 3. The van der Waals surface area contributed by atoms with Crippen molar-refractivity contribution < 1.29 is 10.0 Å². The van der Waals surface area contributed by atoms with E-state index in [1.165, 1.54) is 12.1 Å². The van der Waals surface area contributed by atoms with Gasteiger partial charge >= 0.3 is 0 Å². The number of nitrogens with zero attached hydrogens (tertiary/aromatic N) is 4. The zero-order valence-electron chi connectivity index (χ0n) is 11.7. The van der Waals surface area contributed by atoms with Gasteiger partial charge in [0.15, 0.2) is 0 Å². The maximum Gasteiger partial charge on any atom is 0.269 e. The molecule has 21 heavy (non-hydrogen) atoms. The molecule has 0 saturated heterocycles. The van der Waals surface area contributed by atoms with E-state index in [1.54, 1.807) is 10.7 Å². The highest BCUT2D eigenvalue weighted by Gasteiger charge is 2.08. The van der Waals surface area contributed by atoms with Crippen LogP contribution in [-0.2, 0) is 13.1 Å². The van der Waals surface area contributed by atoms with E-state index in [0.29, 0.717) is 19.5 Å². The molecule has 112 valence electrons. The van der Waals surface area contributed by atoms with Crippen molar-refractivity contribution in [1.82, 2.24) is 15.0 Å². The number of anilines is 1. The second-order valence-corrected chi connectivity index (χ2v) is 4.66. The number of aliphatic hydroxyl groups excluding tert-OH is 1. The van der Waals surface area contributed by atoms with Crippen LogP contribution in [0.5, 0.6) is 0 Å². The lowest BCUT2D eigenvalue weighted by Gasteiger charge is -2.07. The molecule has 0 aliphatic rings. The maximum absolute atomic E-state index is 10.7. The quantitative estimate of drug-likeness (QED) is 0.591. The average molecular weight is 291 g/mol. The minimum atomic E-state index is -0.413. The summed E-state index contributed by atoms with van der Waals surface area (Å²) in [5.74, 6) is 0. The summed E-state index contributed by atoms with van der Waals surface area (Å²) >= 11 is 0. The van der Waals surface area contributed by atoms with E-state index in [-0.39, 0.29) is 12.3 Å². The van der Waals surface area contributed by atoms with Crippen LogP contribution in [0, 0.1) is 17.0 Å². The van der Waals surface area contributed by atoms with E-state index in [4.69, 9.17) is 5.11 Å². The van der Waals surface area contributed by atoms with Crippen molar-refractivity contribution in [1.29, 1.82) is 0 Å². The number of aryl methyl sites for hydroxylation is 2. The van der Waals surface area contributed by atoms with E-state index >= 15 is 0 Å². The van der Waals surface area contributed by atoms with Crippen molar-refractivity contribution in [2.75, 3.05) is 11.9 Å². The zero-order chi connectivity index (χ0) is 15.2. The highest BCUT2D eigenvalue weighted by molar-refractivity contribution is 5.55. The van der Waals surface area contributed by atoms with Gasteiger partial charge in [-0.25, -0.2) is 0 Å². The lowest BCUT2D eigenvalue weighted by Crippen LogP contribution is -2.02. The van der Waals surface area contributed by atoms with Crippen molar-refractivity contribution in [2.45, 2.75) is 26.4 Å². The molecule has 0 atom stereocenters. The minimum Gasteiger partial charge on any atom is -0.396 e. The standard InChI is InChI=1S/C13H17N5O3/c1-10-7-12(18(20)21)3-4-13(10)14-8-11-9-17(16-15-11)5-2-6-19/h3-4,7,9,14,19H,2,5-6,8H2,1H3. The van der Waals surface area contributed by atoms with E-state index in [9.17, 15) is 10.1 Å². The number of hydrogen-bond donors (Lipinski definition) is 2. The maximum atomic E-state index is 10.7. The number of nitro benzene ring substituents is 1. The second kappa shape index (κ2) is 6.80. The van der Waals surface area contributed by atoms with Crippen LogP contribution in [0.2, 0.25) is 0 Å². The normalized spacial score (nSPS) is 10.6. The molecule has 8 nitrogen and oxygen atoms in total. The molecule has 1 aromatic carbocycles. The summed E-state index contributed by atoms with van der Waals surface area (Å²) in [7, 11) is 0. The van der Waals surface area contributed by atoms with E-state index < -0.39 is 4.92 Å². The number of non-ortho nitro benzene ring substituents is 1. The first-order valence-corrected chi connectivity index (χ1v) is 6.59. The molecule has 0 aliphatic heterocycles. The molecule has 1 aromatic heterocycles. The molecule has 0 bridgehead atoms. The minimum absolute atomic E-state index is 0.0769. The molecule has 0 amide bonds. The first-order chi connectivity index (χ1) is 10.1. The van der Waals surface area contributed by atoms with Gasteiger partial charge in [-0.05, 0) is 25.0 Å². The molecule has 8 heteroatoms. The summed E-state index contributed by atoms with van der Waals surface area (Å²) in [6.07, 6.45) is 2.45. The molecule has 0 aliphatic carbocycles. The van der Waals surface area contributed by atoms with Crippen molar-refractivity contribution in [3.63, 3.8) is 0 Å². The van der Waals surface area contributed by atoms with Gasteiger partial charge in [0.25, 0.3) is 5.69 Å². The highest BCUT2D eigenvalue weighted by atomic mass is 16.6. The average Bonchev–Trinajstić information content (AvgIpc) is 2.91. The Morgan fingerprint density at radius 1 is 1.48 bits per heavy atom. The first-order valence-electron chi connectivity index (χ1n) is 6.59. The summed E-state index contributed by atoms with van der Waals surface area (Å²) in [5, 5.41) is 30.6. The zero-order valence-corrected chi connectivity index (χ0v) is 11.7. The van der Waals surface area contributed by atoms with Crippen LogP contribution in [0.1, 0.15) is 17.7 Å². The van der Waals surface area contributed by atoms with Gasteiger partial charge in [-0.15, -0.1) is 5.10 Å². The van der Waals surface area contributed by atoms with Crippen LogP contribution in [0.25, 0.3) is 0 Å². The van der Waals surface area contributed by atoms with Crippen LogP contribution < -0.4 is 5.32 Å². The van der Waals surface area contributed by atoms with Gasteiger partial charge in [-0.3, -0.25) is 14.8 Å². The molecule has 2 aromatic rings. The molecule has 0 spiro atoms. The number of nitro groups is 1. The first kappa shape index (κ1) is 14.9. The third kappa shape index (κ3) is 3.99. The summed E-state index contributed by atoms with van der Waals surface area (Å²) in [6.45, 7) is 3.04. The van der Waals surface area contributed by atoms with Crippen molar-refractivity contribution in [3.05, 3.63) is 45.8 Å². The van der Waals surface area contributed by atoms with Crippen molar-refractivity contribution >= 4 is 11.4 Å². The van der Waals surface area contributed by atoms with Gasteiger partial charge in [0.1, 0.15) is 5.69 Å². The SMILES string of the molecule is Cc1cc([N+](=O)[O-])ccc1NCc1cn(CCCO)nn1. The lowest BCUT2D eigenvalue weighted by atomic mass is 10.2. The van der Waals surface area contributed by atoms with Crippen LogP contribution in [-0.4, -0.2) is 31.6 Å². The predicted molar refractivity (Wildman–Crippen MR) is 76.9 cm³/mol. The molecule has 0 radical (unpaired) electrons. The van der Waals surface area contributed by atoms with E-state index in [2.05, 4.69) is 15.6 Å². The van der Waals surface area contributed by atoms with Crippen LogP contribution in [0.4, 0.5) is 11.4 Å². The Morgan fingerprint density at radius 3 is 2.95 bits per heavy atom. The van der Waals surface area contributed by atoms with Crippen LogP contribution >= 0.6 is 0 Å². The Hall–Kier alpha value is -2.48. The Bertz CT molecular complexity index is 626. The fourth-order valence-electron chi connectivity index (χ4n) is 1.91. The molecule has 0 saturated carbocycles. The summed E-state index contributed by atoms with van der Waals surface area (Å²) in [4.78, 5) is 10.3. The number of benzene rings is 1. The Morgan fingerprint density at radius 2 is 2.29 bits per heavy atom. The molecular weight excluding hydrogens is 274 g/mol. The molecule has 2 rings (SSSR count). The highest BCUT2D eigenvalue weighted by Crippen LogP contribution is 2.21. The Labute approximate surface area is 121 Å². The monoisotopic (exact) mass is 291 g/mol. The molecule has 0 fully saturated rings. The predicted octanol–water partition coefficient (Wildman–Crippen LogP) is 1.49. The third-order valence-corrected chi connectivity index (χ3v) is 3.01. The number of nitrogens with one attached hydrogen (secondary N) is 1. The number of hydrogen-bond acceptors (Lipinski definition) is 6. The lowest BCUT2D eigenvalue weighted by molar-refractivity contribution is -0.384. The summed E-state index contributed by atoms with van der Waals surface area (Å²) < 4.78 is 1.68. The largest absolute Gasteiger partial charge is 0.396 e. The molecule has 2 N–H and O–H groups in total. The number of rotatable bonds is 7. The molecule has 0 unspecified atom stereocenters. The summed E-state index contributed by atoms with van der Waals surface area (Å²) in [6, 6.07) is 4.68. The third-order valence-electron chi connectivity index (χ3n) is 3.01. The van der Waals surface area contributed by atoms with Gasteiger partial charge in [-0.1, -0.05) is 5.21 Å². The Balaban J connectivity index is 1.96. The van der Waals surface area contributed by atoms with E-state index in [0.717, 1.165) is 16.9 Å². The second-order valence-electron chi connectivity index (χ2n) is 4.66. The van der Waals surface area contributed by atoms with Gasteiger partial charge in [0.2, 0.25) is 0 Å². The topological polar surface area (TPSA) is 106 Å². The molecule has 1 heterocycles. The smallest absolute Gasteiger partial charge is 0.269 e. The van der Waals surface area contributed by atoms with Crippen LogP contribution in [0.3, 0.4) is 0 Å². The summed E-state index contributed by atoms with van der Waals surface area (Å²) in [5.41, 5.74) is 2.47.